The number of ether oxygens (including phenoxy) is 1. The molecular weight excluding hydrogens is 383 g/mol. The first-order chi connectivity index (χ1) is 13.5. The fraction of sp³-hybridized carbons (Fsp3) is 0.238. The highest BCUT2D eigenvalue weighted by Gasteiger charge is 2.43. The predicted molar refractivity (Wildman–Crippen MR) is 104 cm³/mol. The van der Waals surface area contributed by atoms with Crippen LogP contribution >= 0.6 is 11.6 Å². The Morgan fingerprint density at radius 2 is 1.68 bits per heavy atom. The van der Waals surface area contributed by atoms with Crippen LogP contribution in [-0.4, -0.2) is 43.0 Å². The molecule has 2 aromatic rings. The summed E-state index contributed by atoms with van der Waals surface area (Å²) >= 11 is 6.21. The van der Waals surface area contributed by atoms with Gasteiger partial charge >= 0.3 is 0 Å². The van der Waals surface area contributed by atoms with Crippen molar-refractivity contribution >= 4 is 34.7 Å². The first-order valence-electron chi connectivity index (χ1n) is 8.96. The number of halogens is 2. The Morgan fingerprint density at radius 3 is 2.36 bits per heavy atom. The molecule has 5 nitrogen and oxygen atoms in total. The molecule has 0 N–H and O–H groups in total. The number of imide groups is 1. The number of benzene rings is 2. The van der Waals surface area contributed by atoms with E-state index in [1.807, 2.05) is 4.90 Å². The van der Waals surface area contributed by atoms with E-state index in [4.69, 9.17) is 16.3 Å². The fourth-order valence-electron chi connectivity index (χ4n) is 3.53. The fourth-order valence-corrected chi connectivity index (χ4v) is 3.70. The zero-order chi connectivity index (χ0) is 19.8. The Morgan fingerprint density at radius 1 is 1.00 bits per heavy atom. The molecule has 2 aliphatic heterocycles. The highest BCUT2D eigenvalue weighted by atomic mass is 35.5. The molecule has 0 saturated carbocycles. The van der Waals surface area contributed by atoms with Gasteiger partial charge < -0.3 is 9.64 Å². The lowest BCUT2D eigenvalue weighted by Gasteiger charge is -2.29. The van der Waals surface area contributed by atoms with Crippen molar-refractivity contribution in [1.29, 1.82) is 0 Å². The average molecular weight is 401 g/mol. The van der Waals surface area contributed by atoms with Gasteiger partial charge in [0.15, 0.2) is 0 Å². The van der Waals surface area contributed by atoms with Crippen molar-refractivity contribution in [3.63, 3.8) is 0 Å². The SMILES string of the molecule is Cc1c(Cl)cccc1N1C(=O)C(c2ccc(F)cc2)=C(N2CCOCC2)C1=O. The van der Waals surface area contributed by atoms with Gasteiger partial charge in [0, 0.05) is 18.1 Å². The van der Waals surface area contributed by atoms with E-state index in [-0.39, 0.29) is 5.57 Å². The van der Waals surface area contributed by atoms with Gasteiger partial charge in [0.25, 0.3) is 11.8 Å². The van der Waals surface area contributed by atoms with Crippen molar-refractivity contribution in [2.24, 2.45) is 0 Å². The van der Waals surface area contributed by atoms with E-state index >= 15 is 0 Å². The molecule has 0 atom stereocenters. The molecule has 2 heterocycles. The minimum Gasteiger partial charge on any atom is -0.378 e. The normalized spacial score (nSPS) is 17.7. The van der Waals surface area contributed by atoms with Gasteiger partial charge in [0.2, 0.25) is 0 Å². The van der Waals surface area contributed by atoms with E-state index < -0.39 is 17.6 Å². The van der Waals surface area contributed by atoms with Crippen LogP contribution in [0.5, 0.6) is 0 Å². The maximum absolute atomic E-state index is 13.4. The van der Waals surface area contributed by atoms with Gasteiger partial charge in [0.05, 0.1) is 24.5 Å². The predicted octanol–water partition coefficient (Wildman–Crippen LogP) is 3.40. The second-order valence-corrected chi connectivity index (χ2v) is 7.07. The summed E-state index contributed by atoms with van der Waals surface area (Å²) in [5, 5.41) is 0.473. The Hall–Kier alpha value is -2.70. The third kappa shape index (κ3) is 3.08. The molecule has 1 saturated heterocycles. The van der Waals surface area contributed by atoms with Crippen molar-refractivity contribution in [2.75, 3.05) is 31.2 Å². The van der Waals surface area contributed by atoms with Crippen LogP contribution in [0.2, 0.25) is 5.02 Å². The molecule has 0 bridgehead atoms. The van der Waals surface area contributed by atoms with Gasteiger partial charge in [-0.15, -0.1) is 0 Å². The quantitative estimate of drug-likeness (QED) is 0.741. The molecule has 28 heavy (non-hydrogen) atoms. The smallest absolute Gasteiger partial charge is 0.282 e. The molecule has 0 spiro atoms. The number of anilines is 1. The summed E-state index contributed by atoms with van der Waals surface area (Å²) in [5.41, 5.74) is 2.19. The van der Waals surface area contributed by atoms with Crippen LogP contribution in [-0.2, 0) is 14.3 Å². The molecule has 0 unspecified atom stereocenters. The van der Waals surface area contributed by atoms with Crippen molar-refractivity contribution in [3.05, 3.63) is 70.1 Å². The number of hydrogen-bond donors (Lipinski definition) is 0. The maximum atomic E-state index is 13.4. The zero-order valence-electron chi connectivity index (χ0n) is 15.2. The minimum atomic E-state index is -0.441. The van der Waals surface area contributed by atoms with Gasteiger partial charge in [-0.1, -0.05) is 29.8 Å². The van der Waals surface area contributed by atoms with E-state index in [2.05, 4.69) is 0 Å². The van der Waals surface area contributed by atoms with E-state index in [0.717, 1.165) is 4.90 Å². The first kappa shape index (κ1) is 18.7. The van der Waals surface area contributed by atoms with Gasteiger partial charge in [0.1, 0.15) is 11.5 Å². The largest absolute Gasteiger partial charge is 0.378 e. The Bertz CT molecular complexity index is 982. The Balaban J connectivity index is 1.85. The van der Waals surface area contributed by atoms with Gasteiger partial charge in [-0.2, -0.15) is 0 Å². The summed E-state index contributed by atoms with van der Waals surface area (Å²) in [4.78, 5) is 29.8. The molecule has 7 heteroatoms. The number of carbonyl (C=O) groups is 2. The Labute approximate surface area is 166 Å². The number of rotatable bonds is 3. The van der Waals surface area contributed by atoms with Gasteiger partial charge in [-0.25, -0.2) is 9.29 Å². The van der Waals surface area contributed by atoms with Gasteiger partial charge in [-0.3, -0.25) is 9.59 Å². The number of amides is 2. The molecule has 1 fully saturated rings. The molecule has 2 aromatic carbocycles. The van der Waals surface area contributed by atoms with Crippen molar-refractivity contribution < 1.29 is 18.7 Å². The van der Waals surface area contributed by atoms with Crippen molar-refractivity contribution in [3.8, 4) is 0 Å². The van der Waals surface area contributed by atoms with Crippen molar-refractivity contribution in [1.82, 2.24) is 4.90 Å². The first-order valence-corrected chi connectivity index (χ1v) is 9.33. The maximum Gasteiger partial charge on any atom is 0.282 e. The van der Waals surface area contributed by atoms with Crippen LogP contribution in [0.3, 0.4) is 0 Å². The molecule has 0 aromatic heterocycles. The molecule has 0 aliphatic carbocycles. The summed E-state index contributed by atoms with van der Waals surface area (Å²) < 4.78 is 18.8. The van der Waals surface area contributed by atoms with Crippen LogP contribution in [0.25, 0.3) is 5.57 Å². The topological polar surface area (TPSA) is 49.9 Å². The summed E-state index contributed by atoms with van der Waals surface area (Å²) in [5.74, 6) is -1.25. The standard InChI is InChI=1S/C21H18ClFN2O3/c1-13-16(22)3-2-4-17(13)25-20(26)18(14-5-7-15(23)8-6-14)19(21(25)27)24-9-11-28-12-10-24/h2-8H,9-12H2,1H3. The summed E-state index contributed by atoms with van der Waals surface area (Å²) in [6, 6.07) is 10.7. The lowest BCUT2D eigenvalue weighted by atomic mass is 10.0. The minimum absolute atomic E-state index is 0.270. The van der Waals surface area contributed by atoms with Gasteiger partial charge in [-0.05, 0) is 42.3 Å². The number of carbonyl (C=O) groups excluding carboxylic acids is 2. The van der Waals surface area contributed by atoms with E-state index in [1.54, 1.807) is 25.1 Å². The lowest BCUT2D eigenvalue weighted by molar-refractivity contribution is -0.121. The van der Waals surface area contributed by atoms with Crippen LogP contribution in [0.4, 0.5) is 10.1 Å². The average Bonchev–Trinajstić information content (AvgIpc) is 2.96. The molecule has 0 radical (unpaired) electrons. The van der Waals surface area contributed by atoms with Crippen LogP contribution in [0.1, 0.15) is 11.1 Å². The molecule has 2 aliphatic rings. The number of morpholine rings is 1. The number of nitrogens with zero attached hydrogens (tertiary/aromatic N) is 2. The summed E-state index contributed by atoms with van der Waals surface area (Å²) in [7, 11) is 0. The molecule has 144 valence electrons. The molecule has 4 rings (SSSR count). The van der Waals surface area contributed by atoms with E-state index in [1.165, 1.54) is 24.3 Å². The van der Waals surface area contributed by atoms with Crippen LogP contribution in [0, 0.1) is 12.7 Å². The number of hydrogen-bond acceptors (Lipinski definition) is 4. The monoisotopic (exact) mass is 400 g/mol. The second kappa shape index (κ2) is 7.37. The van der Waals surface area contributed by atoms with Crippen LogP contribution < -0.4 is 4.90 Å². The zero-order valence-corrected chi connectivity index (χ0v) is 16.0. The highest BCUT2D eigenvalue weighted by Crippen LogP contribution is 2.37. The third-order valence-corrected chi connectivity index (χ3v) is 5.41. The lowest BCUT2D eigenvalue weighted by Crippen LogP contribution is -2.40. The van der Waals surface area contributed by atoms with E-state index in [9.17, 15) is 14.0 Å². The summed E-state index contributed by atoms with van der Waals surface area (Å²) in [6.07, 6.45) is 0. The molecule has 2 amide bonds. The van der Waals surface area contributed by atoms with Crippen LogP contribution in [0.15, 0.2) is 48.2 Å². The highest BCUT2D eigenvalue weighted by molar-refractivity contribution is 6.46. The van der Waals surface area contributed by atoms with Crippen molar-refractivity contribution in [2.45, 2.75) is 6.92 Å². The summed E-state index contributed by atoms with van der Waals surface area (Å²) in [6.45, 7) is 3.71. The molecular formula is C21H18ClFN2O3. The Kier molecular flexibility index (Phi) is 4.91. The second-order valence-electron chi connectivity index (χ2n) is 6.66. The van der Waals surface area contributed by atoms with E-state index in [0.29, 0.717) is 53.8 Å². The third-order valence-electron chi connectivity index (χ3n) is 5.00.